The van der Waals surface area contributed by atoms with Gasteiger partial charge in [0.05, 0.1) is 40.5 Å². The maximum Gasteiger partial charge on any atom is 0.337 e. The van der Waals surface area contributed by atoms with Crippen LogP contribution in [0.1, 0.15) is 14.6 Å². The summed E-state index contributed by atoms with van der Waals surface area (Å²) in [6, 6.07) is 11.3. The fourth-order valence-electron chi connectivity index (χ4n) is 2.95. The van der Waals surface area contributed by atoms with Gasteiger partial charge in [0.2, 0.25) is 0 Å². The standard InChI is InChI=1S/C20H17N5O4S.3H2/c1-29-20(26)12-5-8-14-15(9-12)25-19(24-14)17-18(21)22-10-16(23-17)11-3-6-13(7-4-11)30(2,27)28;;;/h3-10H,1-2H3,(H2,21,22)(H,24,25);3*1H. The van der Waals surface area contributed by atoms with Crippen molar-refractivity contribution in [3.05, 3.63) is 54.2 Å². The number of anilines is 1. The summed E-state index contributed by atoms with van der Waals surface area (Å²) in [4.78, 5) is 28.3. The van der Waals surface area contributed by atoms with Gasteiger partial charge in [-0.25, -0.2) is 28.2 Å². The number of carbonyl (C=O) groups excluding carboxylic acids is 1. The predicted octanol–water partition coefficient (Wildman–Crippen LogP) is 3.20. The summed E-state index contributed by atoms with van der Waals surface area (Å²) >= 11 is 0. The third-order valence-electron chi connectivity index (χ3n) is 4.51. The number of aromatic amines is 1. The molecule has 4 aromatic rings. The Morgan fingerprint density at radius 1 is 1.13 bits per heavy atom. The second-order valence-corrected chi connectivity index (χ2v) is 8.61. The SMILES string of the molecule is COC(=O)c1ccc2nc(-c3nc(-c4ccc(S(C)(=O)=O)cc4)cnc3N)[nH]c2c1.[HH].[HH].[HH]. The summed E-state index contributed by atoms with van der Waals surface area (Å²) in [6.07, 6.45) is 2.66. The van der Waals surface area contributed by atoms with Crippen LogP contribution in [-0.4, -0.2) is 47.7 Å². The summed E-state index contributed by atoms with van der Waals surface area (Å²) in [7, 11) is -1.98. The van der Waals surface area contributed by atoms with Gasteiger partial charge < -0.3 is 15.5 Å². The summed E-state index contributed by atoms with van der Waals surface area (Å²) < 4.78 is 28.0. The number of H-pyrrole nitrogens is 1. The Balaban J connectivity index is 0.00000181. The van der Waals surface area contributed by atoms with Crippen molar-refractivity contribution in [2.75, 3.05) is 19.1 Å². The molecule has 0 unspecified atom stereocenters. The van der Waals surface area contributed by atoms with Crippen molar-refractivity contribution >= 4 is 32.7 Å². The Hall–Kier alpha value is -3.79. The number of ether oxygens (including phenoxy) is 1. The first-order valence-corrected chi connectivity index (χ1v) is 10.7. The van der Waals surface area contributed by atoms with Gasteiger partial charge in [-0.05, 0) is 30.3 Å². The third kappa shape index (κ3) is 3.60. The van der Waals surface area contributed by atoms with Crippen molar-refractivity contribution in [2.24, 2.45) is 0 Å². The molecule has 0 aliphatic heterocycles. The highest BCUT2D eigenvalue weighted by Crippen LogP contribution is 2.27. The van der Waals surface area contributed by atoms with Crippen LogP contribution in [0.2, 0.25) is 0 Å². The van der Waals surface area contributed by atoms with Gasteiger partial charge in [-0.2, -0.15) is 0 Å². The van der Waals surface area contributed by atoms with E-state index in [0.717, 1.165) is 6.26 Å². The highest BCUT2D eigenvalue weighted by Gasteiger charge is 2.15. The lowest BCUT2D eigenvalue weighted by Gasteiger charge is -2.06. The molecule has 3 N–H and O–H groups in total. The third-order valence-corrected chi connectivity index (χ3v) is 5.63. The van der Waals surface area contributed by atoms with Gasteiger partial charge in [0.25, 0.3) is 0 Å². The van der Waals surface area contributed by atoms with Gasteiger partial charge in [0.15, 0.2) is 21.5 Å². The number of nitrogens with two attached hydrogens (primary N) is 1. The molecule has 0 amide bonds. The molecule has 2 aromatic heterocycles. The maximum absolute atomic E-state index is 11.7. The van der Waals surface area contributed by atoms with Crippen LogP contribution in [0, 0.1) is 0 Å². The number of rotatable bonds is 4. The molecule has 158 valence electrons. The highest BCUT2D eigenvalue weighted by atomic mass is 32.2. The number of fused-ring (bicyclic) bond motifs is 1. The number of nitrogens with one attached hydrogen (secondary N) is 1. The number of sulfone groups is 1. The summed E-state index contributed by atoms with van der Waals surface area (Å²) in [5.74, 6) is 0.122. The van der Waals surface area contributed by atoms with E-state index >= 15 is 0 Å². The van der Waals surface area contributed by atoms with E-state index in [-0.39, 0.29) is 15.0 Å². The summed E-state index contributed by atoms with van der Waals surface area (Å²) in [5.41, 5.74) is 9.19. The molecule has 0 saturated heterocycles. The van der Waals surface area contributed by atoms with Crippen LogP contribution >= 0.6 is 0 Å². The van der Waals surface area contributed by atoms with Crippen molar-refractivity contribution in [3.8, 4) is 22.8 Å². The van der Waals surface area contributed by atoms with Crippen LogP contribution in [0.25, 0.3) is 33.8 Å². The van der Waals surface area contributed by atoms with Gasteiger partial charge >= 0.3 is 5.97 Å². The number of hydrogen-bond donors (Lipinski definition) is 2. The second kappa shape index (κ2) is 7.23. The number of nitrogens with zero attached hydrogens (tertiary/aromatic N) is 3. The van der Waals surface area contributed by atoms with Crippen LogP contribution in [0.15, 0.2) is 53.6 Å². The van der Waals surface area contributed by atoms with Crippen molar-refractivity contribution in [1.82, 2.24) is 19.9 Å². The number of imidazole rings is 1. The Bertz CT molecular complexity index is 1390. The minimum absolute atomic E-state index is 0. The van der Waals surface area contributed by atoms with Crippen molar-refractivity contribution < 1.29 is 22.2 Å². The normalized spacial score (nSPS) is 11.5. The van der Waals surface area contributed by atoms with Crippen LogP contribution in [0.3, 0.4) is 0 Å². The van der Waals surface area contributed by atoms with Crippen LogP contribution in [0.4, 0.5) is 5.82 Å². The molecule has 0 atom stereocenters. The minimum atomic E-state index is -3.29. The van der Waals surface area contributed by atoms with E-state index in [9.17, 15) is 13.2 Å². The quantitative estimate of drug-likeness (QED) is 0.471. The Labute approximate surface area is 176 Å². The van der Waals surface area contributed by atoms with Crippen molar-refractivity contribution in [3.63, 3.8) is 0 Å². The molecule has 0 spiro atoms. The van der Waals surface area contributed by atoms with E-state index in [4.69, 9.17) is 10.5 Å². The average Bonchev–Trinajstić information content (AvgIpc) is 3.16. The predicted molar refractivity (Wildman–Crippen MR) is 118 cm³/mol. The van der Waals surface area contributed by atoms with E-state index in [1.807, 2.05) is 0 Å². The number of benzene rings is 2. The molecule has 9 nitrogen and oxygen atoms in total. The van der Waals surface area contributed by atoms with Crippen LogP contribution in [-0.2, 0) is 14.6 Å². The topological polar surface area (TPSA) is 141 Å². The number of carbonyl (C=O) groups is 1. The molecular weight excluding hydrogens is 406 g/mol. The average molecular weight is 430 g/mol. The fraction of sp³-hybridized carbons (Fsp3) is 0.100. The van der Waals surface area contributed by atoms with Crippen LogP contribution < -0.4 is 5.73 Å². The first-order chi connectivity index (χ1) is 14.3. The smallest absolute Gasteiger partial charge is 0.337 e. The number of hydrogen-bond acceptors (Lipinski definition) is 8. The minimum Gasteiger partial charge on any atom is -0.465 e. The van der Waals surface area contributed by atoms with Crippen LogP contribution in [0.5, 0.6) is 0 Å². The molecule has 0 aliphatic rings. The Morgan fingerprint density at radius 2 is 1.87 bits per heavy atom. The van der Waals surface area contributed by atoms with E-state index in [2.05, 4.69) is 19.9 Å². The fourth-order valence-corrected chi connectivity index (χ4v) is 3.58. The second-order valence-electron chi connectivity index (χ2n) is 6.59. The van der Waals surface area contributed by atoms with Gasteiger partial charge in [-0.15, -0.1) is 0 Å². The monoisotopic (exact) mass is 429 g/mol. The molecule has 2 aromatic carbocycles. The lowest BCUT2D eigenvalue weighted by molar-refractivity contribution is 0.0601. The Morgan fingerprint density at radius 3 is 2.53 bits per heavy atom. The van der Waals surface area contributed by atoms with E-state index in [0.29, 0.717) is 39.4 Å². The zero-order valence-corrected chi connectivity index (χ0v) is 16.9. The van der Waals surface area contributed by atoms with Gasteiger partial charge in [-0.3, -0.25) is 0 Å². The molecular formula is C20H23N5O4S. The lowest BCUT2D eigenvalue weighted by Crippen LogP contribution is -2.00. The molecule has 0 saturated carbocycles. The molecule has 0 radical (unpaired) electrons. The molecule has 10 heteroatoms. The first-order valence-electron chi connectivity index (χ1n) is 8.78. The number of esters is 1. The molecule has 30 heavy (non-hydrogen) atoms. The molecule has 2 heterocycles. The van der Waals surface area contributed by atoms with Crippen molar-refractivity contribution in [2.45, 2.75) is 4.90 Å². The Kier molecular flexibility index (Phi) is 4.70. The highest BCUT2D eigenvalue weighted by molar-refractivity contribution is 7.90. The van der Waals surface area contributed by atoms with Gasteiger partial charge in [0.1, 0.15) is 5.69 Å². The number of nitrogen functional groups attached to an aromatic ring is 1. The first kappa shape index (κ1) is 19.5. The molecule has 0 bridgehead atoms. The zero-order chi connectivity index (χ0) is 21.5. The van der Waals surface area contributed by atoms with Crippen molar-refractivity contribution in [1.29, 1.82) is 0 Å². The zero-order valence-electron chi connectivity index (χ0n) is 16.1. The van der Waals surface area contributed by atoms with E-state index in [1.165, 1.54) is 25.4 Å². The molecule has 4 rings (SSSR count). The molecule has 0 aliphatic carbocycles. The number of aromatic nitrogens is 4. The van der Waals surface area contributed by atoms with Gasteiger partial charge in [0, 0.05) is 16.1 Å². The summed E-state index contributed by atoms with van der Waals surface area (Å²) in [6.45, 7) is 0. The molecule has 0 fully saturated rings. The summed E-state index contributed by atoms with van der Waals surface area (Å²) in [5, 5.41) is 0. The maximum atomic E-state index is 11.7. The van der Waals surface area contributed by atoms with E-state index < -0.39 is 15.8 Å². The lowest BCUT2D eigenvalue weighted by atomic mass is 10.1. The number of methoxy groups -OCH3 is 1. The van der Waals surface area contributed by atoms with Gasteiger partial charge in [-0.1, -0.05) is 12.1 Å². The van der Waals surface area contributed by atoms with E-state index in [1.54, 1.807) is 30.3 Å². The largest absolute Gasteiger partial charge is 0.465 e.